The summed E-state index contributed by atoms with van der Waals surface area (Å²) >= 11 is 0. The molecule has 3 heterocycles. The molecular formula is C18H18F3N3. The van der Waals surface area contributed by atoms with Gasteiger partial charge in [0.15, 0.2) is 0 Å². The molecule has 3 nitrogen and oxygen atoms in total. The van der Waals surface area contributed by atoms with E-state index in [1.54, 1.807) is 6.20 Å². The van der Waals surface area contributed by atoms with Crippen LogP contribution in [0.4, 0.5) is 18.9 Å². The van der Waals surface area contributed by atoms with E-state index in [0.29, 0.717) is 11.3 Å². The normalized spacial score (nSPS) is 19.9. The summed E-state index contributed by atoms with van der Waals surface area (Å²) in [5.74, 6) is 0.696. The van der Waals surface area contributed by atoms with Crippen molar-refractivity contribution in [2.75, 3.05) is 18.0 Å². The molecule has 1 saturated heterocycles. The second-order valence-corrected chi connectivity index (χ2v) is 7.10. The third-order valence-electron chi connectivity index (χ3n) is 5.15. The van der Waals surface area contributed by atoms with Crippen LogP contribution >= 0.6 is 0 Å². The van der Waals surface area contributed by atoms with E-state index in [1.807, 2.05) is 12.3 Å². The largest absolute Gasteiger partial charge is 0.433 e. The van der Waals surface area contributed by atoms with E-state index < -0.39 is 11.9 Å². The summed E-state index contributed by atoms with van der Waals surface area (Å²) in [6, 6.07) is 6.66. The fraction of sp³-hybridized carbons (Fsp3) is 0.444. The molecule has 0 unspecified atom stereocenters. The summed E-state index contributed by atoms with van der Waals surface area (Å²) in [7, 11) is 0. The van der Waals surface area contributed by atoms with Crippen molar-refractivity contribution < 1.29 is 13.2 Å². The molecule has 2 aromatic rings. The summed E-state index contributed by atoms with van der Waals surface area (Å²) in [5, 5.41) is 0. The van der Waals surface area contributed by atoms with Crippen molar-refractivity contribution in [1.82, 2.24) is 9.97 Å². The van der Waals surface area contributed by atoms with Crippen LogP contribution in [0.2, 0.25) is 0 Å². The number of hydrogen-bond donors (Lipinski definition) is 0. The topological polar surface area (TPSA) is 29.0 Å². The van der Waals surface area contributed by atoms with Crippen molar-refractivity contribution in [2.24, 2.45) is 11.3 Å². The Morgan fingerprint density at radius 3 is 2.50 bits per heavy atom. The number of rotatable bonds is 3. The second-order valence-electron chi connectivity index (χ2n) is 7.10. The van der Waals surface area contributed by atoms with Gasteiger partial charge in [0.1, 0.15) is 5.69 Å². The zero-order chi connectivity index (χ0) is 16.8. The Morgan fingerprint density at radius 2 is 1.92 bits per heavy atom. The predicted octanol–water partition coefficient (Wildman–Crippen LogP) is 3.95. The highest BCUT2D eigenvalue weighted by Gasteiger charge is 2.52. The summed E-state index contributed by atoms with van der Waals surface area (Å²) in [6.07, 6.45) is 4.11. The maximum absolute atomic E-state index is 12.5. The van der Waals surface area contributed by atoms with Gasteiger partial charge >= 0.3 is 6.18 Å². The molecule has 1 aliphatic heterocycles. The highest BCUT2D eigenvalue weighted by molar-refractivity contribution is 5.49. The van der Waals surface area contributed by atoms with Crippen molar-refractivity contribution in [3.63, 3.8) is 0 Å². The van der Waals surface area contributed by atoms with Gasteiger partial charge in [-0.05, 0) is 48.9 Å². The van der Waals surface area contributed by atoms with Crippen LogP contribution in [0.1, 0.15) is 24.1 Å². The Bertz CT molecular complexity index is 699. The molecule has 4 rings (SSSR count). The van der Waals surface area contributed by atoms with Gasteiger partial charge in [0, 0.05) is 30.9 Å². The van der Waals surface area contributed by atoms with Gasteiger partial charge in [-0.15, -0.1) is 0 Å². The number of hydrogen-bond acceptors (Lipinski definition) is 3. The average molecular weight is 333 g/mol. The Kier molecular flexibility index (Phi) is 3.51. The van der Waals surface area contributed by atoms with Crippen LogP contribution in [0, 0.1) is 11.3 Å². The van der Waals surface area contributed by atoms with Gasteiger partial charge in [0.2, 0.25) is 0 Å². The van der Waals surface area contributed by atoms with Gasteiger partial charge in [-0.1, -0.05) is 6.07 Å². The lowest BCUT2D eigenvalue weighted by Gasteiger charge is -2.60. The van der Waals surface area contributed by atoms with Crippen LogP contribution < -0.4 is 4.90 Å². The lowest BCUT2D eigenvalue weighted by molar-refractivity contribution is -0.141. The van der Waals surface area contributed by atoms with E-state index in [-0.39, 0.29) is 0 Å². The SMILES string of the molecule is FC(F)(F)c1ccc(N2CC3(CC(Cc4cccnc4)C3)C2)cn1. The number of aromatic nitrogens is 2. The van der Waals surface area contributed by atoms with Gasteiger partial charge in [-0.3, -0.25) is 4.98 Å². The molecule has 2 aromatic heterocycles. The van der Waals surface area contributed by atoms with Gasteiger partial charge in [-0.25, -0.2) is 4.98 Å². The van der Waals surface area contributed by atoms with Gasteiger partial charge in [0.25, 0.3) is 0 Å². The van der Waals surface area contributed by atoms with Crippen LogP contribution in [0.25, 0.3) is 0 Å². The number of alkyl halides is 3. The first kappa shape index (κ1) is 15.4. The molecule has 2 fully saturated rings. The monoisotopic (exact) mass is 333 g/mol. The zero-order valence-corrected chi connectivity index (χ0v) is 13.1. The molecule has 126 valence electrons. The number of pyridine rings is 2. The zero-order valence-electron chi connectivity index (χ0n) is 13.1. The third kappa shape index (κ3) is 2.85. The van der Waals surface area contributed by atoms with Crippen LogP contribution in [0.5, 0.6) is 0 Å². The molecule has 0 aromatic carbocycles. The van der Waals surface area contributed by atoms with Gasteiger partial charge in [0.05, 0.1) is 11.9 Å². The molecule has 0 atom stereocenters. The highest BCUT2D eigenvalue weighted by atomic mass is 19.4. The third-order valence-corrected chi connectivity index (χ3v) is 5.15. The minimum atomic E-state index is -4.37. The van der Waals surface area contributed by atoms with Crippen LogP contribution in [0.3, 0.4) is 0 Å². The molecule has 0 bridgehead atoms. The number of halogens is 3. The lowest BCUT2D eigenvalue weighted by Crippen LogP contribution is -2.62. The van der Waals surface area contributed by atoms with E-state index in [1.165, 1.54) is 30.7 Å². The summed E-state index contributed by atoms with van der Waals surface area (Å²) in [5.41, 5.74) is 1.58. The van der Waals surface area contributed by atoms with E-state index in [0.717, 1.165) is 31.3 Å². The maximum atomic E-state index is 12.5. The number of nitrogens with zero attached hydrogens (tertiary/aromatic N) is 3. The second kappa shape index (κ2) is 5.46. The van der Waals surface area contributed by atoms with E-state index in [2.05, 4.69) is 20.9 Å². The molecular weight excluding hydrogens is 315 g/mol. The molecule has 1 spiro atoms. The quantitative estimate of drug-likeness (QED) is 0.851. The Balaban J connectivity index is 1.30. The first-order chi connectivity index (χ1) is 11.4. The first-order valence-electron chi connectivity index (χ1n) is 8.11. The minimum Gasteiger partial charge on any atom is -0.369 e. The standard InChI is InChI=1S/C18H18F3N3/c19-18(20,21)16-4-3-15(10-23-16)24-11-17(12-24)7-14(8-17)6-13-2-1-5-22-9-13/h1-5,9-10,14H,6-8,11-12H2. The summed E-state index contributed by atoms with van der Waals surface area (Å²) < 4.78 is 37.6. The van der Waals surface area contributed by atoms with Gasteiger partial charge < -0.3 is 4.90 Å². The molecule has 0 radical (unpaired) electrons. The fourth-order valence-electron chi connectivity index (χ4n) is 4.11. The van der Waals surface area contributed by atoms with Crippen molar-refractivity contribution in [2.45, 2.75) is 25.4 Å². The van der Waals surface area contributed by atoms with Crippen molar-refractivity contribution in [3.05, 3.63) is 54.1 Å². The molecule has 6 heteroatoms. The van der Waals surface area contributed by atoms with E-state index in [9.17, 15) is 13.2 Å². The first-order valence-corrected chi connectivity index (χ1v) is 8.11. The fourth-order valence-corrected chi connectivity index (χ4v) is 4.11. The van der Waals surface area contributed by atoms with E-state index in [4.69, 9.17) is 0 Å². The summed E-state index contributed by atoms with van der Waals surface area (Å²) in [6.45, 7) is 1.84. The number of anilines is 1. The van der Waals surface area contributed by atoms with Crippen LogP contribution in [-0.4, -0.2) is 23.1 Å². The van der Waals surface area contributed by atoms with Gasteiger partial charge in [-0.2, -0.15) is 13.2 Å². The summed E-state index contributed by atoms with van der Waals surface area (Å²) in [4.78, 5) is 9.81. The molecule has 1 aliphatic carbocycles. The van der Waals surface area contributed by atoms with Crippen molar-refractivity contribution in [3.8, 4) is 0 Å². The maximum Gasteiger partial charge on any atom is 0.433 e. The lowest BCUT2D eigenvalue weighted by atomic mass is 9.56. The minimum absolute atomic E-state index is 0.357. The Hall–Kier alpha value is -2.11. The van der Waals surface area contributed by atoms with Crippen LogP contribution in [-0.2, 0) is 12.6 Å². The Morgan fingerprint density at radius 1 is 1.12 bits per heavy atom. The molecule has 1 saturated carbocycles. The molecule has 0 amide bonds. The van der Waals surface area contributed by atoms with Crippen LogP contribution in [0.15, 0.2) is 42.9 Å². The van der Waals surface area contributed by atoms with E-state index >= 15 is 0 Å². The predicted molar refractivity (Wildman–Crippen MR) is 84.6 cm³/mol. The van der Waals surface area contributed by atoms with Crippen molar-refractivity contribution in [1.29, 1.82) is 0 Å². The van der Waals surface area contributed by atoms with Crippen molar-refractivity contribution >= 4 is 5.69 Å². The molecule has 0 N–H and O–H groups in total. The smallest absolute Gasteiger partial charge is 0.369 e. The average Bonchev–Trinajstić information content (AvgIpc) is 2.49. The highest BCUT2D eigenvalue weighted by Crippen LogP contribution is 2.53. The Labute approximate surface area is 138 Å². The molecule has 2 aliphatic rings. The molecule has 24 heavy (non-hydrogen) atoms.